The third-order valence-corrected chi connectivity index (χ3v) is 19.0. The minimum atomic E-state index is -0.703. The highest BCUT2D eigenvalue weighted by Crippen LogP contribution is 2.61. The van der Waals surface area contributed by atoms with E-state index < -0.39 is 40.3 Å². The van der Waals surface area contributed by atoms with Crippen molar-refractivity contribution in [3.8, 4) is 0 Å². The van der Waals surface area contributed by atoms with Crippen molar-refractivity contribution in [3.63, 3.8) is 0 Å². The second-order valence-electron chi connectivity index (χ2n) is 26.6. The van der Waals surface area contributed by atoms with Gasteiger partial charge in [0, 0.05) is 6.42 Å². The summed E-state index contributed by atoms with van der Waals surface area (Å²) in [5.74, 6) is 3.71. The Bertz CT molecular complexity index is 1860. The van der Waals surface area contributed by atoms with Crippen molar-refractivity contribution in [2.24, 2.45) is 63.1 Å². The molecule has 0 aromatic carbocycles. The lowest BCUT2D eigenvalue weighted by atomic mass is 9.49. The van der Waals surface area contributed by atoms with Crippen LogP contribution in [0.1, 0.15) is 225 Å². The van der Waals surface area contributed by atoms with Gasteiger partial charge in [-0.15, -0.1) is 0 Å². The van der Waals surface area contributed by atoms with Gasteiger partial charge in [-0.2, -0.15) is 0 Å². The number of hydrogen-bond acceptors (Lipinski definition) is 14. The molecule has 9 aliphatic carbocycles. The largest absolute Gasteiger partial charge is 0.508 e. The van der Waals surface area contributed by atoms with Gasteiger partial charge in [0.05, 0.1) is 27.3 Å². The minimum Gasteiger partial charge on any atom is -0.462 e. The second kappa shape index (κ2) is 24.3. The van der Waals surface area contributed by atoms with Gasteiger partial charge in [-0.25, -0.2) is 9.59 Å². The molecule has 0 aromatic rings. The van der Waals surface area contributed by atoms with Crippen LogP contribution in [0.3, 0.4) is 0 Å². The molecule has 73 heavy (non-hydrogen) atoms. The standard InChI is InChI=1S/C18H28O5.C18H30O2.C13H24O2.C10H16O5/c1-4-16(2,3)15(20)22-10-14(19)23-18-8-12-5-13(9-18)7-17(21,6-12)11-18;1-5-17(3,4)16(19)20-18(6-2)14-8-12-7-13(10-14)11-15(18)9-12;1-5-13(3,4)12(14)15-11-8-6-10(2)7-9-11;1-4-10(2,3)8(11)13-5-7-6-14-9(12)15-7/h12-13,21H,4-11H2,1-3H3;12-15H,5-11H2,1-4H3;10-11H,5-9H2,1-4H3;7H,4-6H2,1-3H3. The van der Waals surface area contributed by atoms with Crippen molar-refractivity contribution in [1.29, 1.82) is 0 Å². The minimum absolute atomic E-state index is 0.0236. The highest BCUT2D eigenvalue weighted by molar-refractivity contribution is 5.80. The van der Waals surface area contributed by atoms with E-state index in [4.69, 9.17) is 28.4 Å². The Morgan fingerprint density at radius 2 is 1.07 bits per heavy atom. The van der Waals surface area contributed by atoms with E-state index in [1.807, 2.05) is 62.3 Å². The molecule has 9 saturated carbocycles. The normalized spacial score (nSPS) is 33.7. The Kier molecular flexibility index (Phi) is 20.1. The van der Waals surface area contributed by atoms with Crippen LogP contribution >= 0.6 is 0 Å². The SMILES string of the molecule is CCC(C)(C)C(=O)OC1(CC)C2CC3CC(C2)CC1C3.CCC(C)(C)C(=O)OC1CCC(C)CC1.CCC(C)(C)C(=O)OCC(=O)OC12CC3CC(CC(O)(C3)C1)C2.CCC(C)(C)C(=O)OCC1COC(=O)O1. The van der Waals surface area contributed by atoms with E-state index in [0.29, 0.717) is 42.9 Å². The lowest BCUT2D eigenvalue weighted by Gasteiger charge is -2.60. The summed E-state index contributed by atoms with van der Waals surface area (Å²) in [7, 11) is 0. The first-order valence-electron chi connectivity index (χ1n) is 28.5. The van der Waals surface area contributed by atoms with Crippen LogP contribution in [0.5, 0.6) is 0 Å². The van der Waals surface area contributed by atoms with Crippen molar-refractivity contribution in [2.75, 3.05) is 19.8 Å². The van der Waals surface area contributed by atoms with Gasteiger partial charge in [0.15, 0.2) is 12.7 Å². The summed E-state index contributed by atoms with van der Waals surface area (Å²) in [6.45, 7) is 27.5. The molecule has 1 aliphatic heterocycles. The van der Waals surface area contributed by atoms with Crippen LogP contribution in [0.2, 0.25) is 0 Å². The molecule has 1 N–H and O–H groups in total. The Balaban J connectivity index is 0.000000184. The highest BCUT2D eigenvalue weighted by Gasteiger charge is 2.60. The van der Waals surface area contributed by atoms with Crippen LogP contribution in [0, 0.1) is 63.1 Å². The summed E-state index contributed by atoms with van der Waals surface area (Å²) in [5, 5.41) is 10.7. The van der Waals surface area contributed by atoms with Crippen LogP contribution in [-0.2, 0) is 57.1 Å². The first-order valence-corrected chi connectivity index (χ1v) is 28.5. The molecule has 10 fully saturated rings. The summed E-state index contributed by atoms with van der Waals surface area (Å²) in [6, 6.07) is 0. The predicted octanol–water partition coefficient (Wildman–Crippen LogP) is 12.2. The van der Waals surface area contributed by atoms with Gasteiger partial charge in [0.1, 0.15) is 30.5 Å². The van der Waals surface area contributed by atoms with Gasteiger partial charge < -0.3 is 38.3 Å². The molecule has 0 spiro atoms. The summed E-state index contributed by atoms with van der Waals surface area (Å²) < 4.78 is 37.0. The first-order chi connectivity index (χ1) is 34.0. The van der Waals surface area contributed by atoms with Gasteiger partial charge in [0.25, 0.3) is 0 Å². The van der Waals surface area contributed by atoms with E-state index in [9.17, 15) is 33.9 Å². The van der Waals surface area contributed by atoms with E-state index in [2.05, 4.69) is 25.5 Å². The highest BCUT2D eigenvalue weighted by atomic mass is 16.8. The maximum atomic E-state index is 12.6. The van der Waals surface area contributed by atoms with Crippen LogP contribution in [0.25, 0.3) is 0 Å². The fourth-order valence-electron chi connectivity index (χ4n) is 13.0. The molecule has 0 radical (unpaired) electrons. The summed E-state index contributed by atoms with van der Waals surface area (Å²) in [6.07, 6.45) is 19.3. The summed E-state index contributed by atoms with van der Waals surface area (Å²) in [5.41, 5.74) is -3.07. The Morgan fingerprint density at radius 3 is 1.52 bits per heavy atom. The van der Waals surface area contributed by atoms with Crippen LogP contribution in [-0.4, -0.2) is 89.9 Å². The molecule has 1 saturated heterocycles. The van der Waals surface area contributed by atoms with E-state index >= 15 is 0 Å². The molecule has 0 amide bonds. The monoisotopic (exact) mass is 1030 g/mol. The van der Waals surface area contributed by atoms with Crippen LogP contribution in [0.15, 0.2) is 0 Å². The Hall–Kier alpha value is -3.42. The quantitative estimate of drug-likeness (QED) is 0.114. The van der Waals surface area contributed by atoms with Gasteiger partial charge in [-0.1, -0.05) is 41.5 Å². The van der Waals surface area contributed by atoms with Crippen molar-refractivity contribution in [2.45, 2.75) is 254 Å². The first kappa shape index (κ1) is 60.4. The molecule has 0 aromatic heterocycles. The molecular weight excluding hydrogens is 933 g/mol. The number of rotatable bonds is 16. The number of ether oxygens (including phenoxy) is 7. The van der Waals surface area contributed by atoms with E-state index in [1.165, 1.54) is 44.9 Å². The van der Waals surface area contributed by atoms with E-state index in [1.54, 1.807) is 13.8 Å². The van der Waals surface area contributed by atoms with E-state index in [0.717, 1.165) is 82.0 Å². The summed E-state index contributed by atoms with van der Waals surface area (Å²) in [4.78, 5) is 70.7. The fourth-order valence-corrected chi connectivity index (χ4v) is 13.0. The lowest BCUT2D eigenvalue weighted by molar-refractivity contribution is -0.222. The Morgan fingerprint density at radius 1 is 0.603 bits per heavy atom. The van der Waals surface area contributed by atoms with Gasteiger partial charge in [-0.05, 0) is 219 Å². The third kappa shape index (κ3) is 15.4. The number of cyclic esters (lactones) is 2. The van der Waals surface area contributed by atoms with Gasteiger partial charge in [0.2, 0.25) is 0 Å². The smallest absolute Gasteiger partial charge is 0.462 e. The van der Waals surface area contributed by atoms with Crippen LogP contribution < -0.4 is 0 Å². The molecule has 1 heterocycles. The number of aliphatic hydroxyl groups is 1. The van der Waals surface area contributed by atoms with Crippen molar-refractivity contribution in [3.05, 3.63) is 0 Å². The maximum absolute atomic E-state index is 12.6. The average molecular weight is 1030 g/mol. The topological polar surface area (TPSA) is 187 Å². The number of carbonyl (C=O) groups is 6. The number of esters is 5. The van der Waals surface area contributed by atoms with Crippen molar-refractivity contribution in [1.82, 2.24) is 0 Å². The molecular formula is C59H98O14. The molecule has 10 rings (SSSR count). The Labute approximate surface area is 438 Å². The van der Waals surface area contributed by atoms with E-state index in [-0.39, 0.29) is 66.2 Å². The van der Waals surface area contributed by atoms with Crippen LogP contribution in [0.4, 0.5) is 4.79 Å². The molecule has 8 bridgehead atoms. The van der Waals surface area contributed by atoms with Crippen molar-refractivity contribution >= 4 is 36.0 Å². The van der Waals surface area contributed by atoms with Gasteiger partial charge in [-0.3, -0.25) is 19.2 Å². The van der Waals surface area contributed by atoms with Crippen molar-refractivity contribution < 1.29 is 67.0 Å². The molecule has 14 nitrogen and oxygen atoms in total. The second-order valence-corrected chi connectivity index (χ2v) is 26.6. The fraction of sp³-hybridized carbons (Fsp3) is 0.898. The maximum Gasteiger partial charge on any atom is 0.508 e. The molecule has 14 heteroatoms. The average Bonchev–Trinajstić information content (AvgIpc) is 3.75. The molecule has 3 unspecified atom stereocenters. The summed E-state index contributed by atoms with van der Waals surface area (Å²) >= 11 is 0. The molecule has 418 valence electrons. The zero-order chi connectivity index (χ0) is 54.4. The molecule has 3 atom stereocenters. The van der Waals surface area contributed by atoms with Gasteiger partial charge >= 0.3 is 36.0 Å². The number of carbonyl (C=O) groups excluding carboxylic acids is 6. The lowest BCUT2D eigenvalue weighted by Crippen LogP contribution is -2.60. The third-order valence-electron chi connectivity index (χ3n) is 19.0. The zero-order valence-corrected chi connectivity index (χ0v) is 47.7. The predicted molar refractivity (Wildman–Crippen MR) is 277 cm³/mol. The number of hydrogen-bond donors (Lipinski definition) is 1. The zero-order valence-electron chi connectivity index (χ0n) is 47.7. The molecule has 10 aliphatic rings.